The highest BCUT2D eigenvalue weighted by molar-refractivity contribution is 5.97. The van der Waals surface area contributed by atoms with Crippen LogP contribution in [0.25, 0.3) is 0 Å². The molecule has 0 spiro atoms. The predicted molar refractivity (Wildman–Crippen MR) is 89.6 cm³/mol. The Bertz CT molecular complexity index is 809. The molecule has 0 heterocycles. The van der Waals surface area contributed by atoms with Crippen molar-refractivity contribution < 1.29 is 23.8 Å². The van der Waals surface area contributed by atoms with Crippen LogP contribution in [-0.4, -0.2) is 32.7 Å². The standard InChI is InChI=1S/C18H16N2O5/c1-23-15-5-3-4-14(17(15)24-2)18(22)25-11-16(21)20-13-8-6-12(10-19)7-9-13/h3-9H,11H2,1-2H3,(H,20,21). The van der Waals surface area contributed by atoms with Crippen molar-refractivity contribution in [3.8, 4) is 17.6 Å². The van der Waals surface area contributed by atoms with Crippen molar-refractivity contribution in [1.82, 2.24) is 0 Å². The highest BCUT2D eigenvalue weighted by atomic mass is 16.5. The van der Waals surface area contributed by atoms with Crippen molar-refractivity contribution in [2.45, 2.75) is 0 Å². The van der Waals surface area contributed by atoms with E-state index in [-0.39, 0.29) is 11.3 Å². The van der Waals surface area contributed by atoms with Crippen LogP contribution in [0, 0.1) is 11.3 Å². The molecule has 0 aromatic heterocycles. The summed E-state index contributed by atoms with van der Waals surface area (Å²) >= 11 is 0. The van der Waals surface area contributed by atoms with Crippen LogP contribution in [0.4, 0.5) is 5.69 Å². The summed E-state index contributed by atoms with van der Waals surface area (Å²) in [6.07, 6.45) is 0. The highest BCUT2D eigenvalue weighted by Crippen LogP contribution is 2.31. The second kappa shape index (κ2) is 8.36. The quantitative estimate of drug-likeness (QED) is 0.811. The lowest BCUT2D eigenvalue weighted by atomic mass is 10.2. The van der Waals surface area contributed by atoms with Gasteiger partial charge in [0.15, 0.2) is 18.1 Å². The average molecular weight is 340 g/mol. The number of nitrogens with zero attached hydrogens (tertiary/aromatic N) is 1. The number of nitriles is 1. The minimum absolute atomic E-state index is 0.160. The van der Waals surface area contributed by atoms with E-state index in [4.69, 9.17) is 19.5 Å². The Morgan fingerprint density at radius 1 is 1.08 bits per heavy atom. The lowest BCUT2D eigenvalue weighted by Gasteiger charge is -2.12. The lowest BCUT2D eigenvalue weighted by molar-refractivity contribution is -0.119. The van der Waals surface area contributed by atoms with Gasteiger partial charge in [0, 0.05) is 5.69 Å². The molecule has 7 heteroatoms. The maximum Gasteiger partial charge on any atom is 0.342 e. The molecule has 7 nitrogen and oxygen atoms in total. The van der Waals surface area contributed by atoms with E-state index in [0.717, 1.165) is 0 Å². The van der Waals surface area contributed by atoms with Crippen LogP contribution >= 0.6 is 0 Å². The summed E-state index contributed by atoms with van der Waals surface area (Å²) < 4.78 is 15.3. The number of hydrogen-bond donors (Lipinski definition) is 1. The van der Waals surface area contributed by atoms with Gasteiger partial charge in [-0.2, -0.15) is 5.26 Å². The Morgan fingerprint density at radius 2 is 1.80 bits per heavy atom. The molecule has 0 aliphatic carbocycles. The minimum atomic E-state index is -0.703. The zero-order valence-electron chi connectivity index (χ0n) is 13.7. The van der Waals surface area contributed by atoms with Crippen LogP contribution < -0.4 is 14.8 Å². The molecule has 0 bridgehead atoms. The van der Waals surface area contributed by atoms with Crippen molar-refractivity contribution in [3.63, 3.8) is 0 Å². The van der Waals surface area contributed by atoms with Crippen LogP contribution in [0.5, 0.6) is 11.5 Å². The second-order valence-corrected chi connectivity index (χ2v) is 4.85. The number of ether oxygens (including phenoxy) is 3. The van der Waals surface area contributed by atoms with E-state index >= 15 is 0 Å². The minimum Gasteiger partial charge on any atom is -0.493 e. The average Bonchev–Trinajstić information content (AvgIpc) is 2.65. The van der Waals surface area contributed by atoms with Gasteiger partial charge >= 0.3 is 5.97 Å². The van der Waals surface area contributed by atoms with Gasteiger partial charge < -0.3 is 19.5 Å². The summed E-state index contributed by atoms with van der Waals surface area (Å²) in [5.74, 6) is -0.577. The van der Waals surface area contributed by atoms with Crippen molar-refractivity contribution in [2.75, 3.05) is 26.1 Å². The SMILES string of the molecule is COc1cccc(C(=O)OCC(=O)Nc2ccc(C#N)cc2)c1OC. The number of para-hydroxylation sites is 1. The smallest absolute Gasteiger partial charge is 0.342 e. The first-order chi connectivity index (χ1) is 12.1. The van der Waals surface area contributed by atoms with Crippen molar-refractivity contribution in [2.24, 2.45) is 0 Å². The van der Waals surface area contributed by atoms with Crippen molar-refractivity contribution >= 4 is 17.6 Å². The number of rotatable bonds is 6. The molecule has 1 N–H and O–H groups in total. The number of anilines is 1. The first-order valence-electron chi connectivity index (χ1n) is 7.27. The largest absolute Gasteiger partial charge is 0.493 e. The molecule has 128 valence electrons. The van der Waals surface area contributed by atoms with Gasteiger partial charge in [0.2, 0.25) is 0 Å². The molecule has 0 aliphatic rings. The van der Waals surface area contributed by atoms with Gasteiger partial charge in [-0.1, -0.05) is 6.07 Å². The Balaban J connectivity index is 1.97. The fourth-order valence-electron chi connectivity index (χ4n) is 2.08. The summed E-state index contributed by atoms with van der Waals surface area (Å²) in [6, 6.07) is 13.1. The molecule has 0 unspecified atom stereocenters. The molecular formula is C18H16N2O5. The maximum atomic E-state index is 12.2. The Labute approximate surface area is 144 Å². The number of carbonyl (C=O) groups is 2. The third-order valence-corrected chi connectivity index (χ3v) is 3.25. The van der Waals surface area contributed by atoms with Crippen LogP contribution in [0.1, 0.15) is 15.9 Å². The number of benzene rings is 2. The van der Waals surface area contributed by atoms with E-state index in [9.17, 15) is 9.59 Å². The summed E-state index contributed by atoms with van der Waals surface area (Å²) in [4.78, 5) is 24.0. The van der Waals surface area contributed by atoms with Crippen molar-refractivity contribution in [3.05, 3.63) is 53.6 Å². The van der Waals surface area contributed by atoms with Gasteiger partial charge in [0.1, 0.15) is 5.56 Å². The van der Waals surface area contributed by atoms with Crippen LogP contribution in [0.2, 0.25) is 0 Å². The molecular weight excluding hydrogens is 324 g/mol. The highest BCUT2D eigenvalue weighted by Gasteiger charge is 2.18. The number of amides is 1. The van der Waals surface area contributed by atoms with Gasteiger partial charge in [-0.3, -0.25) is 4.79 Å². The van der Waals surface area contributed by atoms with E-state index in [1.807, 2.05) is 6.07 Å². The van der Waals surface area contributed by atoms with E-state index in [1.54, 1.807) is 36.4 Å². The summed E-state index contributed by atoms with van der Waals surface area (Å²) in [7, 11) is 2.87. The molecule has 2 rings (SSSR count). The lowest BCUT2D eigenvalue weighted by Crippen LogP contribution is -2.21. The third kappa shape index (κ3) is 4.48. The molecule has 0 saturated carbocycles. The maximum absolute atomic E-state index is 12.2. The second-order valence-electron chi connectivity index (χ2n) is 4.85. The number of hydrogen-bond acceptors (Lipinski definition) is 6. The van der Waals surface area contributed by atoms with E-state index in [0.29, 0.717) is 17.0 Å². The third-order valence-electron chi connectivity index (χ3n) is 3.25. The van der Waals surface area contributed by atoms with E-state index in [1.165, 1.54) is 20.3 Å². The predicted octanol–water partition coefficient (Wildman–Crippen LogP) is 2.37. The monoisotopic (exact) mass is 340 g/mol. The van der Waals surface area contributed by atoms with Crippen molar-refractivity contribution in [1.29, 1.82) is 5.26 Å². The van der Waals surface area contributed by atoms with Crippen LogP contribution in [0.3, 0.4) is 0 Å². The van der Waals surface area contributed by atoms with Gasteiger partial charge in [-0.05, 0) is 36.4 Å². The first-order valence-corrected chi connectivity index (χ1v) is 7.27. The number of esters is 1. The van der Waals surface area contributed by atoms with E-state index in [2.05, 4.69) is 5.32 Å². The normalized spacial score (nSPS) is 9.64. The van der Waals surface area contributed by atoms with Gasteiger partial charge in [0.05, 0.1) is 25.9 Å². The zero-order valence-corrected chi connectivity index (χ0v) is 13.7. The Morgan fingerprint density at radius 3 is 2.40 bits per heavy atom. The fourth-order valence-corrected chi connectivity index (χ4v) is 2.08. The van der Waals surface area contributed by atoms with E-state index < -0.39 is 18.5 Å². The first kappa shape index (κ1) is 17.8. The van der Waals surface area contributed by atoms with Gasteiger partial charge in [-0.25, -0.2) is 4.79 Å². The molecule has 0 radical (unpaired) electrons. The van der Waals surface area contributed by atoms with Crippen LogP contribution in [0.15, 0.2) is 42.5 Å². The summed E-state index contributed by atoms with van der Waals surface area (Å²) in [5, 5.41) is 11.3. The van der Waals surface area contributed by atoms with Crippen LogP contribution in [-0.2, 0) is 9.53 Å². The van der Waals surface area contributed by atoms with Gasteiger partial charge in [-0.15, -0.1) is 0 Å². The molecule has 25 heavy (non-hydrogen) atoms. The number of nitrogens with one attached hydrogen (secondary N) is 1. The molecule has 0 aliphatic heterocycles. The Hall–Kier alpha value is -3.53. The Kier molecular flexibility index (Phi) is 5.96. The number of methoxy groups -OCH3 is 2. The van der Waals surface area contributed by atoms with Gasteiger partial charge in [0.25, 0.3) is 5.91 Å². The molecule has 1 amide bonds. The zero-order chi connectivity index (χ0) is 18.2. The molecule has 0 atom stereocenters. The summed E-state index contributed by atoms with van der Waals surface area (Å²) in [6.45, 7) is -0.459. The molecule has 0 saturated heterocycles. The fraction of sp³-hybridized carbons (Fsp3) is 0.167. The molecule has 2 aromatic rings. The molecule has 2 aromatic carbocycles. The number of carbonyl (C=O) groups excluding carboxylic acids is 2. The summed E-state index contributed by atoms with van der Waals surface area (Å²) in [5.41, 5.74) is 1.14. The molecule has 0 fully saturated rings. The topological polar surface area (TPSA) is 97.6 Å².